The number of nitrogens with one attached hydrogen (secondary N) is 1. The molecule has 2 unspecified atom stereocenters. The lowest BCUT2D eigenvalue weighted by atomic mass is 9.96. The second kappa shape index (κ2) is 9.58. The van der Waals surface area contributed by atoms with E-state index in [0.29, 0.717) is 11.7 Å². The number of hydrogen-bond donors (Lipinski definition) is 1. The van der Waals surface area contributed by atoms with E-state index in [9.17, 15) is 4.79 Å². The number of carbonyl (C=O) groups excluding carboxylic acids is 1. The number of esters is 1. The van der Waals surface area contributed by atoms with Crippen LogP contribution in [0.3, 0.4) is 0 Å². The Morgan fingerprint density at radius 1 is 1.12 bits per heavy atom. The van der Waals surface area contributed by atoms with Crippen molar-refractivity contribution in [3.8, 4) is 5.69 Å². The largest absolute Gasteiger partial charge is 0.469 e. The van der Waals surface area contributed by atoms with Crippen LogP contribution in [0.5, 0.6) is 0 Å². The van der Waals surface area contributed by atoms with Gasteiger partial charge in [-0.05, 0) is 81.7 Å². The molecule has 3 heterocycles. The van der Waals surface area contributed by atoms with Crippen LogP contribution >= 0.6 is 12.2 Å². The summed E-state index contributed by atoms with van der Waals surface area (Å²) in [7, 11) is 1.41. The maximum Gasteiger partial charge on any atom is 0.307 e. The third-order valence-electron chi connectivity index (χ3n) is 6.63. The molecule has 0 amide bonds. The van der Waals surface area contributed by atoms with Crippen molar-refractivity contribution in [3.63, 3.8) is 0 Å². The average molecular weight is 477 g/mol. The van der Waals surface area contributed by atoms with Crippen molar-refractivity contribution in [2.45, 2.75) is 53.1 Å². The van der Waals surface area contributed by atoms with Gasteiger partial charge in [0.2, 0.25) is 0 Å². The van der Waals surface area contributed by atoms with Crippen molar-refractivity contribution in [1.82, 2.24) is 19.8 Å². The molecule has 0 saturated carbocycles. The van der Waals surface area contributed by atoms with Gasteiger partial charge in [-0.25, -0.2) is 0 Å². The van der Waals surface area contributed by atoms with Crippen LogP contribution in [0.1, 0.15) is 57.8 Å². The van der Waals surface area contributed by atoms with Gasteiger partial charge in [-0.15, -0.1) is 0 Å². The summed E-state index contributed by atoms with van der Waals surface area (Å²) >= 11 is 5.74. The van der Waals surface area contributed by atoms with Gasteiger partial charge in [0.05, 0.1) is 37.0 Å². The van der Waals surface area contributed by atoms with Gasteiger partial charge in [0.15, 0.2) is 5.11 Å². The smallest absolute Gasteiger partial charge is 0.307 e. The molecule has 4 rings (SSSR count). The van der Waals surface area contributed by atoms with E-state index in [2.05, 4.69) is 72.6 Å². The molecule has 0 spiro atoms. The minimum atomic E-state index is -0.251. The molecule has 1 N–H and O–H groups in total. The van der Waals surface area contributed by atoms with E-state index >= 15 is 0 Å². The molecule has 1 fully saturated rings. The predicted octanol–water partition coefficient (Wildman–Crippen LogP) is 4.95. The van der Waals surface area contributed by atoms with Crippen molar-refractivity contribution in [1.29, 1.82) is 0 Å². The third kappa shape index (κ3) is 4.32. The van der Waals surface area contributed by atoms with Crippen LogP contribution in [-0.4, -0.2) is 39.2 Å². The van der Waals surface area contributed by atoms with Crippen LogP contribution in [0.25, 0.3) is 5.69 Å². The fourth-order valence-electron chi connectivity index (χ4n) is 5.25. The Morgan fingerprint density at radius 3 is 2.44 bits per heavy atom. The summed E-state index contributed by atoms with van der Waals surface area (Å²) in [5, 5.41) is 4.09. The minimum absolute atomic E-state index is 0.0990. The summed E-state index contributed by atoms with van der Waals surface area (Å²) in [6.07, 6.45) is 2.06. The minimum Gasteiger partial charge on any atom is -0.469 e. The summed E-state index contributed by atoms with van der Waals surface area (Å²) in [6.45, 7) is 11.2. The van der Waals surface area contributed by atoms with Gasteiger partial charge in [0.25, 0.3) is 0 Å². The van der Waals surface area contributed by atoms with Crippen LogP contribution in [0, 0.1) is 34.6 Å². The van der Waals surface area contributed by atoms with E-state index in [0.717, 1.165) is 17.1 Å². The topological polar surface area (TPSA) is 59.4 Å². The molecule has 1 saturated heterocycles. The molecule has 1 aliphatic heterocycles. The Hall–Kier alpha value is -3.19. The molecule has 0 aliphatic carbocycles. The average Bonchev–Trinajstić information content (AvgIpc) is 3.28. The highest BCUT2D eigenvalue weighted by atomic mass is 32.1. The zero-order valence-electron chi connectivity index (χ0n) is 20.7. The maximum atomic E-state index is 12.0. The molecule has 3 aromatic rings. The number of thiocarbonyl (C=S) groups is 1. The zero-order valence-corrected chi connectivity index (χ0v) is 21.5. The van der Waals surface area contributed by atoms with Crippen LogP contribution < -0.4 is 5.32 Å². The van der Waals surface area contributed by atoms with Gasteiger partial charge in [0, 0.05) is 24.1 Å². The Bertz CT molecular complexity index is 1210. The number of pyridine rings is 1. The monoisotopic (exact) mass is 476 g/mol. The molecule has 0 radical (unpaired) electrons. The van der Waals surface area contributed by atoms with E-state index in [1.54, 1.807) is 6.20 Å². The van der Waals surface area contributed by atoms with Gasteiger partial charge >= 0.3 is 5.97 Å². The van der Waals surface area contributed by atoms with E-state index in [-0.39, 0.29) is 24.5 Å². The first-order valence-corrected chi connectivity index (χ1v) is 12.0. The number of nitrogens with zero attached hydrogens (tertiary/aromatic N) is 3. The van der Waals surface area contributed by atoms with Crippen molar-refractivity contribution >= 4 is 23.3 Å². The van der Waals surface area contributed by atoms with Gasteiger partial charge in [0.1, 0.15) is 0 Å². The summed E-state index contributed by atoms with van der Waals surface area (Å²) < 4.78 is 7.23. The van der Waals surface area contributed by atoms with E-state index in [4.69, 9.17) is 17.0 Å². The molecule has 1 aromatic carbocycles. The van der Waals surface area contributed by atoms with Crippen molar-refractivity contribution in [2.24, 2.45) is 0 Å². The number of methoxy groups -OCH3 is 1. The molecule has 0 bridgehead atoms. The number of hydrogen-bond acceptors (Lipinski definition) is 4. The van der Waals surface area contributed by atoms with Crippen LogP contribution in [-0.2, 0) is 9.53 Å². The highest BCUT2D eigenvalue weighted by Gasteiger charge is 2.41. The molecule has 1 aliphatic rings. The number of aryl methyl sites for hydroxylation is 4. The van der Waals surface area contributed by atoms with Gasteiger partial charge in [-0.3, -0.25) is 9.78 Å². The van der Waals surface area contributed by atoms with Crippen molar-refractivity contribution in [2.75, 3.05) is 13.7 Å². The van der Waals surface area contributed by atoms with E-state index < -0.39 is 0 Å². The van der Waals surface area contributed by atoms with Crippen molar-refractivity contribution in [3.05, 3.63) is 81.9 Å². The third-order valence-corrected chi connectivity index (χ3v) is 6.98. The fourth-order valence-corrected chi connectivity index (χ4v) is 5.59. The highest BCUT2D eigenvalue weighted by Crippen LogP contribution is 2.42. The molecule has 178 valence electrons. The Kier molecular flexibility index (Phi) is 6.75. The van der Waals surface area contributed by atoms with Crippen molar-refractivity contribution < 1.29 is 9.53 Å². The van der Waals surface area contributed by atoms with E-state index in [1.807, 2.05) is 18.2 Å². The van der Waals surface area contributed by atoms with Crippen LogP contribution in [0.15, 0.2) is 42.6 Å². The molecular weight excluding hydrogens is 444 g/mol. The van der Waals surface area contributed by atoms with Gasteiger partial charge in [-0.2, -0.15) is 0 Å². The lowest BCUT2D eigenvalue weighted by Crippen LogP contribution is -2.32. The predicted molar refractivity (Wildman–Crippen MR) is 138 cm³/mol. The lowest BCUT2D eigenvalue weighted by Gasteiger charge is -2.28. The Balaban J connectivity index is 1.84. The fraction of sp³-hybridized carbons (Fsp3) is 0.370. The first kappa shape index (κ1) is 24.0. The maximum absolute atomic E-state index is 12.0. The first-order valence-electron chi connectivity index (χ1n) is 11.5. The summed E-state index contributed by atoms with van der Waals surface area (Å²) in [5.41, 5.74) is 9.38. The van der Waals surface area contributed by atoms with Gasteiger partial charge < -0.3 is 19.5 Å². The number of aromatic nitrogens is 2. The summed E-state index contributed by atoms with van der Waals surface area (Å²) in [5.74, 6) is -0.251. The standard InChI is InChI=1S/C27H32N4O2S/c1-16-13-17(2)25(18(3)14-16)31-19(4)15-21(20(31)5)26-24(22-9-7-8-11-28-22)29-27(34)30(26)12-10-23(32)33-6/h7-9,11,13-15,24,26H,10,12H2,1-6H3,(H,29,34). The molecule has 2 atom stereocenters. The Morgan fingerprint density at radius 2 is 1.82 bits per heavy atom. The number of ether oxygens (including phenoxy) is 1. The first-order chi connectivity index (χ1) is 16.2. The molecule has 6 nitrogen and oxygen atoms in total. The number of rotatable bonds is 6. The Labute approximate surface area is 207 Å². The zero-order chi connectivity index (χ0) is 24.6. The molecule has 2 aromatic heterocycles. The second-order valence-electron chi connectivity index (χ2n) is 9.06. The number of carbonyl (C=O) groups is 1. The van der Waals surface area contributed by atoms with Gasteiger partial charge in [-0.1, -0.05) is 23.8 Å². The van der Waals surface area contributed by atoms with E-state index in [1.165, 1.54) is 35.1 Å². The normalized spacial score (nSPS) is 17.7. The number of benzene rings is 1. The highest BCUT2D eigenvalue weighted by molar-refractivity contribution is 7.80. The van der Waals surface area contributed by atoms with Crippen LogP contribution in [0.4, 0.5) is 0 Å². The second-order valence-corrected chi connectivity index (χ2v) is 9.44. The van der Waals surface area contributed by atoms with Crippen LogP contribution in [0.2, 0.25) is 0 Å². The molecule has 34 heavy (non-hydrogen) atoms. The summed E-state index contributed by atoms with van der Waals surface area (Å²) in [6, 6.07) is 12.4. The lowest BCUT2D eigenvalue weighted by molar-refractivity contribution is -0.140. The molecule has 7 heteroatoms. The molecular formula is C27H32N4O2S. The summed E-state index contributed by atoms with van der Waals surface area (Å²) in [4.78, 5) is 18.7. The SMILES string of the molecule is COC(=O)CCN1C(=S)NC(c2ccccn2)C1c1cc(C)n(-c2c(C)cc(C)cc2C)c1C. The quantitative estimate of drug-likeness (QED) is 0.401.